The lowest BCUT2D eigenvalue weighted by Crippen LogP contribution is -2.41. The maximum atomic E-state index is 12.1. The van der Waals surface area contributed by atoms with Gasteiger partial charge in [0.1, 0.15) is 0 Å². The molecule has 0 N–H and O–H groups in total. The molecule has 1 fully saturated rings. The molecule has 0 radical (unpaired) electrons. The topological polar surface area (TPSA) is 40.6 Å². The Bertz CT molecular complexity index is 503. The van der Waals surface area contributed by atoms with Crippen LogP contribution in [-0.2, 0) is 10.2 Å². The highest BCUT2D eigenvalue weighted by Crippen LogP contribution is 2.34. The molecule has 4 nitrogen and oxygen atoms in total. The van der Waals surface area contributed by atoms with E-state index in [9.17, 15) is 8.42 Å². The Balaban J connectivity index is 2.07. The van der Waals surface area contributed by atoms with Gasteiger partial charge in [0.25, 0.3) is 10.2 Å². The van der Waals surface area contributed by atoms with Crippen LogP contribution in [0.2, 0.25) is 0 Å². The van der Waals surface area contributed by atoms with Crippen molar-refractivity contribution >= 4 is 22.0 Å². The predicted octanol–water partition coefficient (Wildman–Crippen LogP) is 1.97. The summed E-state index contributed by atoms with van der Waals surface area (Å²) in [5.74, 6) is 0.840. The summed E-state index contributed by atoms with van der Waals surface area (Å²) in [6.45, 7) is 1.18. The van der Waals surface area contributed by atoms with Crippen LogP contribution in [0.3, 0.4) is 0 Å². The van der Waals surface area contributed by atoms with E-state index in [1.165, 1.54) is 9.87 Å². The van der Waals surface area contributed by atoms with Crippen molar-refractivity contribution in [1.82, 2.24) is 8.61 Å². The van der Waals surface area contributed by atoms with Gasteiger partial charge in [0.2, 0.25) is 0 Å². The van der Waals surface area contributed by atoms with Gasteiger partial charge in [-0.2, -0.15) is 28.8 Å². The van der Waals surface area contributed by atoms with Crippen molar-refractivity contribution in [3.05, 3.63) is 35.9 Å². The van der Waals surface area contributed by atoms with Gasteiger partial charge in [-0.3, -0.25) is 0 Å². The molecule has 0 bridgehead atoms. The SMILES string of the molecule is CN(C)S(=O)(=O)N1CCSC(c2ccccc2)CC1. The van der Waals surface area contributed by atoms with Crippen molar-refractivity contribution in [2.75, 3.05) is 32.9 Å². The van der Waals surface area contributed by atoms with Crippen molar-refractivity contribution in [1.29, 1.82) is 0 Å². The summed E-state index contributed by atoms with van der Waals surface area (Å²) in [7, 11) is -0.105. The highest BCUT2D eigenvalue weighted by atomic mass is 32.2. The summed E-state index contributed by atoms with van der Waals surface area (Å²) in [6, 6.07) is 10.3. The average Bonchev–Trinajstić information content (AvgIpc) is 2.65. The van der Waals surface area contributed by atoms with Gasteiger partial charge in [0, 0.05) is 38.2 Å². The van der Waals surface area contributed by atoms with Crippen LogP contribution >= 0.6 is 11.8 Å². The van der Waals surface area contributed by atoms with Gasteiger partial charge in [-0.15, -0.1) is 0 Å². The Morgan fingerprint density at radius 3 is 2.53 bits per heavy atom. The highest BCUT2D eigenvalue weighted by molar-refractivity contribution is 7.99. The van der Waals surface area contributed by atoms with Gasteiger partial charge in [-0.05, 0) is 12.0 Å². The van der Waals surface area contributed by atoms with Gasteiger partial charge in [-0.1, -0.05) is 30.3 Å². The summed E-state index contributed by atoms with van der Waals surface area (Å²) in [5.41, 5.74) is 1.29. The second-order valence-electron chi connectivity index (χ2n) is 4.75. The van der Waals surface area contributed by atoms with Gasteiger partial charge in [-0.25, -0.2) is 0 Å². The molecule has 1 aromatic rings. The quantitative estimate of drug-likeness (QED) is 0.857. The first kappa shape index (κ1) is 14.8. The van der Waals surface area contributed by atoms with E-state index in [1.807, 2.05) is 30.0 Å². The zero-order chi connectivity index (χ0) is 13.9. The highest BCUT2D eigenvalue weighted by Gasteiger charge is 2.28. The molecule has 1 atom stereocenters. The van der Waals surface area contributed by atoms with Crippen molar-refractivity contribution in [3.63, 3.8) is 0 Å². The lowest BCUT2D eigenvalue weighted by atomic mass is 10.1. The van der Waals surface area contributed by atoms with Crippen molar-refractivity contribution < 1.29 is 8.42 Å². The standard InChI is InChI=1S/C13H20N2O2S2/c1-14(2)19(16,17)15-9-8-13(18-11-10-15)12-6-4-3-5-7-12/h3-7,13H,8-11H2,1-2H3. The van der Waals surface area contributed by atoms with Gasteiger partial charge in [0.05, 0.1) is 0 Å². The molecule has 1 heterocycles. The number of hydrogen-bond acceptors (Lipinski definition) is 3. The molecule has 1 aliphatic heterocycles. The molecule has 0 saturated carbocycles. The Hall–Kier alpha value is -0.560. The minimum atomic E-state index is -3.28. The normalized spacial score (nSPS) is 22.4. The molecular weight excluding hydrogens is 280 g/mol. The largest absolute Gasteiger partial charge is 0.281 e. The lowest BCUT2D eigenvalue weighted by Gasteiger charge is -2.23. The van der Waals surface area contributed by atoms with E-state index in [0.29, 0.717) is 18.3 Å². The number of hydrogen-bond donors (Lipinski definition) is 0. The molecule has 1 unspecified atom stereocenters. The predicted molar refractivity (Wildman–Crippen MR) is 80.4 cm³/mol. The van der Waals surface area contributed by atoms with Crippen molar-refractivity contribution in [2.24, 2.45) is 0 Å². The Labute approximate surface area is 120 Å². The summed E-state index contributed by atoms with van der Waals surface area (Å²) in [6.07, 6.45) is 0.863. The van der Waals surface area contributed by atoms with E-state index in [4.69, 9.17) is 0 Å². The fourth-order valence-electron chi connectivity index (χ4n) is 2.15. The summed E-state index contributed by atoms with van der Waals surface area (Å²) in [4.78, 5) is 0. The number of thioether (sulfide) groups is 1. The molecule has 0 aliphatic carbocycles. The van der Waals surface area contributed by atoms with E-state index in [-0.39, 0.29) is 0 Å². The minimum absolute atomic E-state index is 0.392. The summed E-state index contributed by atoms with van der Waals surface area (Å²) in [5, 5.41) is 0.392. The number of rotatable bonds is 3. The van der Waals surface area contributed by atoms with Crippen molar-refractivity contribution in [2.45, 2.75) is 11.7 Å². The molecule has 0 aromatic heterocycles. The molecule has 6 heteroatoms. The zero-order valence-electron chi connectivity index (χ0n) is 11.3. The monoisotopic (exact) mass is 300 g/mol. The third-order valence-corrected chi connectivity index (χ3v) is 6.53. The van der Waals surface area contributed by atoms with E-state index in [2.05, 4.69) is 12.1 Å². The van der Waals surface area contributed by atoms with Crippen LogP contribution in [0.4, 0.5) is 0 Å². The van der Waals surface area contributed by atoms with Crippen molar-refractivity contribution in [3.8, 4) is 0 Å². The molecule has 0 spiro atoms. The summed E-state index contributed by atoms with van der Waals surface area (Å²) >= 11 is 1.84. The van der Waals surface area contributed by atoms with E-state index in [1.54, 1.807) is 18.4 Å². The van der Waals surface area contributed by atoms with Crippen LogP contribution in [-0.4, -0.2) is 50.0 Å². The fourth-order valence-corrected chi connectivity index (χ4v) is 4.61. The average molecular weight is 300 g/mol. The Morgan fingerprint density at radius 2 is 1.89 bits per heavy atom. The van der Waals surface area contributed by atoms with Crippen LogP contribution in [0.1, 0.15) is 17.2 Å². The zero-order valence-corrected chi connectivity index (χ0v) is 13.0. The Kier molecular flexibility index (Phi) is 4.89. The maximum Gasteiger partial charge on any atom is 0.281 e. The smallest absolute Gasteiger partial charge is 0.195 e. The molecule has 1 aliphatic rings. The van der Waals surface area contributed by atoms with Gasteiger partial charge in [0.15, 0.2) is 0 Å². The molecular formula is C13H20N2O2S2. The molecule has 2 rings (SSSR count). The Morgan fingerprint density at radius 1 is 1.21 bits per heavy atom. The second kappa shape index (κ2) is 6.26. The molecule has 1 aromatic carbocycles. The fraction of sp³-hybridized carbons (Fsp3) is 0.538. The third-order valence-electron chi connectivity index (χ3n) is 3.26. The van der Waals surface area contributed by atoms with E-state index in [0.717, 1.165) is 12.2 Å². The van der Waals surface area contributed by atoms with E-state index >= 15 is 0 Å². The van der Waals surface area contributed by atoms with Gasteiger partial charge >= 0.3 is 0 Å². The van der Waals surface area contributed by atoms with Crippen LogP contribution in [0, 0.1) is 0 Å². The van der Waals surface area contributed by atoms with Crippen LogP contribution in [0.25, 0.3) is 0 Å². The number of benzene rings is 1. The molecule has 19 heavy (non-hydrogen) atoms. The molecule has 106 valence electrons. The summed E-state index contributed by atoms with van der Waals surface area (Å²) < 4.78 is 27.1. The second-order valence-corrected chi connectivity index (χ2v) is 8.20. The van der Waals surface area contributed by atoms with Gasteiger partial charge < -0.3 is 0 Å². The number of nitrogens with zero attached hydrogens (tertiary/aromatic N) is 2. The van der Waals surface area contributed by atoms with Crippen LogP contribution < -0.4 is 0 Å². The van der Waals surface area contributed by atoms with Crippen LogP contribution in [0.5, 0.6) is 0 Å². The lowest BCUT2D eigenvalue weighted by molar-refractivity contribution is 0.387. The first-order valence-corrected chi connectivity index (χ1v) is 8.80. The minimum Gasteiger partial charge on any atom is -0.195 e. The first-order chi connectivity index (χ1) is 9.01. The maximum absolute atomic E-state index is 12.1. The molecule has 0 amide bonds. The third kappa shape index (κ3) is 3.51. The first-order valence-electron chi connectivity index (χ1n) is 6.36. The van der Waals surface area contributed by atoms with Crippen LogP contribution in [0.15, 0.2) is 30.3 Å². The van der Waals surface area contributed by atoms with E-state index < -0.39 is 10.2 Å². The molecule has 1 saturated heterocycles.